The highest BCUT2D eigenvalue weighted by Gasteiger charge is 2.20. The van der Waals surface area contributed by atoms with Gasteiger partial charge in [-0.15, -0.1) is 0 Å². The minimum absolute atomic E-state index is 0.173. The molecule has 3 nitrogen and oxygen atoms in total. The molecular weight excluding hydrogens is 212 g/mol. The zero-order valence-electron chi connectivity index (χ0n) is 11.0. The van der Waals surface area contributed by atoms with E-state index in [2.05, 4.69) is 25.2 Å². The molecule has 0 amide bonds. The third-order valence-electron chi connectivity index (χ3n) is 3.35. The smallest absolute Gasteiger partial charge is 0.255 e. The van der Waals surface area contributed by atoms with Gasteiger partial charge in [0.25, 0.3) is 5.56 Å². The van der Waals surface area contributed by atoms with Crippen molar-refractivity contribution in [2.24, 2.45) is 0 Å². The topological polar surface area (TPSA) is 34.0 Å². The molecule has 0 saturated heterocycles. The SMILES string of the molecule is CCn1c(C(C)C)ccc(CNC2CC2)c1=O. The number of pyridine rings is 1. The highest BCUT2D eigenvalue weighted by molar-refractivity contribution is 5.18. The van der Waals surface area contributed by atoms with E-state index in [1.165, 1.54) is 12.8 Å². The molecule has 3 heteroatoms. The van der Waals surface area contributed by atoms with Crippen LogP contribution in [0.1, 0.15) is 50.8 Å². The Labute approximate surface area is 103 Å². The summed E-state index contributed by atoms with van der Waals surface area (Å²) in [4.78, 5) is 12.3. The number of hydrogen-bond donors (Lipinski definition) is 1. The summed E-state index contributed by atoms with van der Waals surface area (Å²) >= 11 is 0. The van der Waals surface area contributed by atoms with Gasteiger partial charge in [0, 0.05) is 30.4 Å². The fourth-order valence-corrected chi connectivity index (χ4v) is 2.14. The monoisotopic (exact) mass is 234 g/mol. The van der Waals surface area contributed by atoms with Gasteiger partial charge in [0.2, 0.25) is 0 Å². The van der Waals surface area contributed by atoms with Crippen LogP contribution >= 0.6 is 0 Å². The van der Waals surface area contributed by atoms with Gasteiger partial charge in [-0.1, -0.05) is 19.9 Å². The molecule has 0 atom stereocenters. The van der Waals surface area contributed by atoms with Crippen LogP contribution < -0.4 is 10.9 Å². The lowest BCUT2D eigenvalue weighted by atomic mass is 10.1. The summed E-state index contributed by atoms with van der Waals surface area (Å²) in [6.07, 6.45) is 2.51. The molecule has 1 aromatic heterocycles. The van der Waals surface area contributed by atoms with Crippen molar-refractivity contribution in [3.63, 3.8) is 0 Å². The van der Waals surface area contributed by atoms with E-state index in [-0.39, 0.29) is 5.56 Å². The van der Waals surface area contributed by atoms with E-state index in [0.29, 0.717) is 18.5 Å². The predicted octanol–water partition coefficient (Wildman–Crippen LogP) is 2.24. The van der Waals surface area contributed by atoms with Gasteiger partial charge in [-0.25, -0.2) is 0 Å². The van der Waals surface area contributed by atoms with E-state index in [9.17, 15) is 4.79 Å². The lowest BCUT2D eigenvalue weighted by Crippen LogP contribution is -2.29. The Morgan fingerprint density at radius 3 is 2.65 bits per heavy atom. The Hall–Kier alpha value is -1.09. The number of hydrogen-bond acceptors (Lipinski definition) is 2. The predicted molar refractivity (Wildman–Crippen MR) is 70.3 cm³/mol. The first kappa shape index (κ1) is 12.4. The van der Waals surface area contributed by atoms with Crippen molar-refractivity contribution < 1.29 is 0 Å². The zero-order valence-corrected chi connectivity index (χ0v) is 11.0. The van der Waals surface area contributed by atoms with Crippen molar-refractivity contribution in [1.29, 1.82) is 0 Å². The summed E-state index contributed by atoms with van der Waals surface area (Å²) in [6.45, 7) is 7.75. The molecule has 17 heavy (non-hydrogen) atoms. The largest absolute Gasteiger partial charge is 0.312 e. The molecule has 94 valence electrons. The van der Waals surface area contributed by atoms with Gasteiger partial charge in [0.1, 0.15) is 0 Å². The summed E-state index contributed by atoms with van der Waals surface area (Å²) in [5, 5.41) is 3.40. The number of aromatic nitrogens is 1. The summed E-state index contributed by atoms with van der Waals surface area (Å²) in [6, 6.07) is 4.73. The number of rotatable bonds is 5. The van der Waals surface area contributed by atoms with E-state index >= 15 is 0 Å². The third kappa shape index (κ3) is 2.78. The van der Waals surface area contributed by atoms with Crippen LogP contribution in [-0.2, 0) is 13.1 Å². The molecule has 0 spiro atoms. The standard InChI is InChI=1S/C14H22N2O/c1-4-16-13(10(2)3)8-5-11(14(16)17)9-15-12-6-7-12/h5,8,10,12,15H,4,6-7,9H2,1-3H3. The van der Waals surface area contributed by atoms with E-state index in [0.717, 1.165) is 17.8 Å². The highest BCUT2D eigenvalue weighted by atomic mass is 16.1. The van der Waals surface area contributed by atoms with Crippen LogP contribution in [-0.4, -0.2) is 10.6 Å². The lowest BCUT2D eigenvalue weighted by molar-refractivity contribution is 0.616. The van der Waals surface area contributed by atoms with Gasteiger partial charge in [-0.3, -0.25) is 4.79 Å². The Morgan fingerprint density at radius 2 is 2.12 bits per heavy atom. The van der Waals surface area contributed by atoms with Crippen LogP contribution in [0, 0.1) is 0 Å². The first-order valence-electron chi connectivity index (χ1n) is 6.59. The van der Waals surface area contributed by atoms with Crippen LogP contribution in [0.25, 0.3) is 0 Å². The van der Waals surface area contributed by atoms with Crippen LogP contribution in [0.4, 0.5) is 0 Å². The molecular formula is C14H22N2O. The Morgan fingerprint density at radius 1 is 1.41 bits per heavy atom. The Balaban J connectivity index is 2.25. The molecule has 1 aliphatic rings. The zero-order chi connectivity index (χ0) is 12.4. The third-order valence-corrected chi connectivity index (χ3v) is 3.35. The minimum Gasteiger partial charge on any atom is -0.312 e. The summed E-state index contributed by atoms with van der Waals surface area (Å²) < 4.78 is 1.90. The minimum atomic E-state index is 0.173. The van der Waals surface area contributed by atoms with E-state index in [4.69, 9.17) is 0 Å². The molecule has 1 aromatic rings. The first-order chi connectivity index (χ1) is 8.13. The summed E-state index contributed by atoms with van der Waals surface area (Å²) in [5.41, 5.74) is 2.20. The second-order valence-corrected chi connectivity index (χ2v) is 5.14. The quantitative estimate of drug-likeness (QED) is 0.848. The van der Waals surface area contributed by atoms with Gasteiger partial charge in [0.05, 0.1) is 0 Å². The normalized spacial score (nSPS) is 15.5. The van der Waals surface area contributed by atoms with Crippen molar-refractivity contribution in [3.05, 3.63) is 33.7 Å². The van der Waals surface area contributed by atoms with Crippen LogP contribution in [0.5, 0.6) is 0 Å². The van der Waals surface area contributed by atoms with Crippen molar-refractivity contribution in [2.45, 2.75) is 58.7 Å². The fraction of sp³-hybridized carbons (Fsp3) is 0.643. The van der Waals surface area contributed by atoms with E-state index < -0.39 is 0 Å². The van der Waals surface area contributed by atoms with Gasteiger partial charge >= 0.3 is 0 Å². The van der Waals surface area contributed by atoms with Crippen molar-refractivity contribution >= 4 is 0 Å². The molecule has 1 heterocycles. The van der Waals surface area contributed by atoms with Crippen molar-refractivity contribution in [1.82, 2.24) is 9.88 Å². The summed E-state index contributed by atoms with van der Waals surface area (Å²) in [7, 11) is 0. The maximum Gasteiger partial charge on any atom is 0.255 e. The fourth-order valence-electron chi connectivity index (χ4n) is 2.14. The average molecular weight is 234 g/mol. The molecule has 2 rings (SSSR count). The number of nitrogens with zero attached hydrogens (tertiary/aromatic N) is 1. The van der Waals surface area contributed by atoms with E-state index in [1.54, 1.807) is 0 Å². The van der Waals surface area contributed by atoms with Gasteiger partial charge in [-0.05, 0) is 31.7 Å². The first-order valence-corrected chi connectivity index (χ1v) is 6.59. The van der Waals surface area contributed by atoms with Crippen molar-refractivity contribution in [3.8, 4) is 0 Å². The Bertz CT molecular complexity index is 444. The highest BCUT2D eigenvalue weighted by Crippen LogP contribution is 2.19. The van der Waals surface area contributed by atoms with Crippen LogP contribution in [0.3, 0.4) is 0 Å². The molecule has 1 N–H and O–H groups in total. The number of nitrogens with one attached hydrogen (secondary N) is 1. The maximum absolute atomic E-state index is 12.3. The lowest BCUT2D eigenvalue weighted by Gasteiger charge is -2.15. The maximum atomic E-state index is 12.3. The van der Waals surface area contributed by atoms with Crippen molar-refractivity contribution in [2.75, 3.05) is 0 Å². The molecule has 0 unspecified atom stereocenters. The molecule has 1 saturated carbocycles. The second-order valence-electron chi connectivity index (χ2n) is 5.14. The molecule has 1 aliphatic carbocycles. The summed E-state index contributed by atoms with van der Waals surface area (Å²) in [5.74, 6) is 0.396. The second kappa shape index (κ2) is 5.05. The van der Waals surface area contributed by atoms with Crippen LogP contribution in [0.2, 0.25) is 0 Å². The molecule has 0 radical (unpaired) electrons. The van der Waals surface area contributed by atoms with E-state index in [1.807, 2.05) is 17.6 Å². The Kier molecular flexibility index (Phi) is 3.67. The average Bonchev–Trinajstić information content (AvgIpc) is 3.10. The molecule has 1 fully saturated rings. The van der Waals surface area contributed by atoms with Gasteiger partial charge in [-0.2, -0.15) is 0 Å². The molecule has 0 bridgehead atoms. The van der Waals surface area contributed by atoms with Crippen LogP contribution in [0.15, 0.2) is 16.9 Å². The molecule has 0 aromatic carbocycles. The molecule has 0 aliphatic heterocycles. The van der Waals surface area contributed by atoms with Gasteiger partial charge < -0.3 is 9.88 Å². The van der Waals surface area contributed by atoms with Gasteiger partial charge in [0.15, 0.2) is 0 Å².